The number of aryl methyl sites for hydroxylation is 1. The second-order valence-electron chi connectivity index (χ2n) is 17.3. The van der Waals surface area contributed by atoms with Crippen LogP contribution < -0.4 is 306 Å². The first kappa shape index (κ1) is 86.2. The van der Waals surface area contributed by atoms with E-state index in [2.05, 4.69) is 0 Å². The minimum Gasteiger partial charge on any atom is -0.545 e. The van der Waals surface area contributed by atoms with Crippen molar-refractivity contribution in [2.24, 2.45) is 0 Å². The summed E-state index contributed by atoms with van der Waals surface area (Å²) in [5, 5.41) is 92.9. The molecule has 87 heavy (non-hydrogen) atoms. The van der Waals surface area contributed by atoms with Crippen molar-refractivity contribution in [2.75, 3.05) is 0 Å². The van der Waals surface area contributed by atoms with Crippen molar-refractivity contribution < 1.29 is 344 Å². The molecule has 0 atom stereocenters. The number of benzene rings is 7. The van der Waals surface area contributed by atoms with Gasteiger partial charge in [0.1, 0.15) is 74.1 Å². The zero-order chi connectivity index (χ0) is 57.1. The van der Waals surface area contributed by atoms with Crippen molar-refractivity contribution >= 4 is 47.8 Å². The molecule has 0 aliphatic rings. The molecule has 0 N–H and O–H groups in total. The van der Waals surface area contributed by atoms with Crippen LogP contribution in [0.3, 0.4) is 0 Å². The molecule has 7 aromatic rings. The molecule has 0 aliphatic carbocycles. The fourth-order valence-corrected chi connectivity index (χ4v) is 7.74. The van der Waals surface area contributed by atoms with Crippen molar-refractivity contribution in [3.63, 3.8) is 0 Å². The Morgan fingerprint density at radius 3 is 0.517 bits per heavy atom. The van der Waals surface area contributed by atoms with Crippen molar-refractivity contribution in [3.8, 4) is 34.5 Å². The van der Waals surface area contributed by atoms with E-state index in [1.807, 2.05) is 12.1 Å². The van der Waals surface area contributed by atoms with Gasteiger partial charge in [0.15, 0.2) is 0 Å². The predicted octanol–water partition coefficient (Wildman–Crippen LogP) is -25.6. The van der Waals surface area contributed by atoms with Crippen LogP contribution in [-0.4, -0.2) is 47.8 Å². The average molecular weight is 1260 g/mol. The second-order valence-corrected chi connectivity index (χ2v) is 17.3. The molecule has 0 aromatic heterocycles. The number of rotatable bonds is 26. The molecule has 7 rings (SSSR count). The van der Waals surface area contributed by atoms with E-state index < -0.39 is 92.3 Å². The van der Waals surface area contributed by atoms with Crippen molar-refractivity contribution in [3.05, 3.63) is 211 Å². The zero-order valence-corrected chi connectivity index (χ0v) is 64.8. The van der Waals surface area contributed by atoms with Gasteiger partial charge in [0.25, 0.3) is 0 Å². The fraction of sp³-hybridized carbons (Fsp3) is 0.123. The van der Waals surface area contributed by atoms with Gasteiger partial charge in [-0.05, 0) is 156 Å². The zero-order valence-electron chi connectivity index (χ0n) is 48.8. The smallest absolute Gasteiger partial charge is 0.545 e. The second kappa shape index (κ2) is 40.8. The molecular formula is C57H36Na8O22. The third kappa shape index (κ3) is 26.7. The predicted molar refractivity (Wildman–Crippen MR) is 250 cm³/mol. The molecule has 0 saturated heterocycles. The summed E-state index contributed by atoms with van der Waals surface area (Å²) in [6.07, 6.45) is 0. The van der Waals surface area contributed by atoms with Gasteiger partial charge in [0.2, 0.25) is 0 Å². The van der Waals surface area contributed by atoms with E-state index in [0.717, 1.165) is 78.4 Å². The molecule has 0 fully saturated rings. The molecule has 0 amide bonds. The summed E-state index contributed by atoms with van der Waals surface area (Å²) in [7, 11) is 0. The van der Waals surface area contributed by atoms with E-state index in [1.54, 1.807) is 49.4 Å². The maximum atomic E-state index is 11.6. The Hall–Kier alpha value is -2.90. The van der Waals surface area contributed by atoms with Crippen LogP contribution in [0, 0.1) is 6.92 Å². The Labute approximate surface area is 673 Å². The fourth-order valence-electron chi connectivity index (χ4n) is 7.74. The summed E-state index contributed by atoms with van der Waals surface area (Å²) < 4.78 is 35.6. The first-order valence-corrected chi connectivity index (χ1v) is 23.0. The summed E-state index contributed by atoms with van der Waals surface area (Å²) in [6.45, 7) is 0.465. The molecule has 0 heterocycles. The molecule has 0 unspecified atom stereocenters. The van der Waals surface area contributed by atoms with Gasteiger partial charge in [-0.2, -0.15) is 0 Å². The molecular weight excluding hydrogens is 1220 g/mol. The van der Waals surface area contributed by atoms with Crippen LogP contribution >= 0.6 is 0 Å². The van der Waals surface area contributed by atoms with Gasteiger partial charge in [-0.15, -0.1) is 0 Å². The molecule has 7 aromatic carbocycles. The number of carbonyl (C=O) groups is 8. The Morgan fingerprint density at radius 2 is 0.368 bits per heavy atom. The molecule has 0 spiro atoms. The van der Waals surface area contributed by atoms with Gasteiger partial charge >= 0.3 is 236 Å². The molecule has 404 valence electrons. The standard InChI is InChI=1S/C57H44O22.8Na/c1-29-2-30(23-74-44-7-32(25-76-46-15-36(50(58)59)11-37(16-46)51(60)61)5-33(8-44)26-77-47-17-38(52(62)63)12-39(18-47)53(64)65)4-31(3-29)24-75-45-9-34(27-78-48-19-40(54(66)67)13-41(20-48)55(68)69)6-35(10-45)28-79-49-21-42(56(70)71)14-43(22-49)57(72)73;;;;;;;;/h2-22H,23-28H2,1H3,(H,58,59)(H,60,61)(H,62,63)(H,64,65)(H,66,67)(H,68,69)(H,70,71)(H,72,73);;;;;;;;/q;8*+1/p-8. The first-order valence-electron chi connectivity index (χ1n) is 23.0. The molecule has 0 saturated carbocycles. The minimum absolute atomic E-state index is 0. The van der Waals surface area contributed by atoms with Crippen molar-refractivity contribution in [2.45, 2.75) is 46.6 Å². The summed E-state index contributed by atoms with van der Waals surface area (Å²) >= 11 is 0. The summed E-state index contributed by atoms with van der Waals surface area (Å²) in [6, 6.07) is 26.5. The van der Waals surface area contributed by atoms with Crippen LogP contribution in [0.5, 0.6) is 34.5 Å². The van der Waals surface area contributed by atoms with E-state index in [4.69, 9.17) is 28.4 Å². The molecule has 0 aliphatic heterocycles. The van der Waals surface area contributed by atoms with Crippen LogP contribution in [0.2, 0.25) is 0 Å². The van der Waals surface area contributed by atoms with E-state index in [1.165, 1.54) is 0 Å². The Kier molecular flexibility index (Phi) is 40.5. The first-order chi connectivity index (χ1) is 37.5. The monoisotopic (exact) mass is 1260 g/mol. The number of hydrogen-bond acceptors (Lipinski definition) is 22. The maximum absolute atomic E-state index is 11.6. The van der Waals surface area contributed by atoms with E-state index >= 15 is 0 Å². The number of carbonyl (C=O) groups excluding carboxylic acids is 8. The van der Waals surface area contributed by atoms with Gasteiger partial charge in [-0.25, -0.2) is 0 Å². The Balaban J connectivity index is 0. The summed E-state index contributed by atoms with van der Waals surface area (Å²) in [4.78, 5) is 92.9. The third-order valence-electron chi connectivity index (χ3n) is 11.2. The van der Waals surface area contributed by atoms with Crippen LogP contribution in [-0.2, 0) is 39.6 Å². The van der Waals surface area contributed by atoms with Crippen LogP contribution in [0.15, 0.2) is 127 Å². The number of carboxylic acid groups (broad SMARTS) is 8. The Bertz CT molecular complexity index is 3060. The maximum Gasteiger partial charge on any atom is 1.00 e. The molecule has 0 radical (unpaired) electrons. The van der Waals surface area contributed by atoms with Crippen LogP contribution in [0.25, 0.3) is 0 Å². The van der Waals surface area contributed by atoms with Crippen LogP contribution in [0.4, 0.5) is 0 Å². The quantitative estimate of drug-likeness (QED) is 0.0454. The largest absolute Gasteiger partial charge is 1.00 e. The Morgan fingerprint density at radius 1 is 0.230 bits per heavy atom. The average Bonchev–Trinajstić information content (AvgIpc) is 3.41. The van der Waals surface area contributed by atoms with E-state index in [9.17, 15) is 79.2 Å². The third-order valence-corrected chi connectivity index (χ3v) is 11.2. The van der Waals surface area contributed by atoms with Crippen LogP contribution in [0.1, 0.15) is 122 Å². The SMILES string of the molecule is Cc1cc(COc2cc(COc3cc(C(=O)[O-])cc(C(=O)[O-])c3)cc(COc3cc(C(=O)[O-])cc(C(=O)[O-])c3)c2)cc(COc2cc(COc3cc(C(=O)[O-])cc(C(=O)[O-])c3)cc(COc3cc(C(=O)[O-])cc(C(=O)[O-])c3)c2)c1.[Na+].[Na+].[Na+].[Na+].[Na+].[Na+].[Na+].[Na+]. The van der Waals surface area contributed by atoms with E-state index in [0.29, 0.717) is 33.4 Å². The van der Waals surface area contributed by atoms with Crippen molar-refractivity contribution in [1.82, 2.24) is 0 Å². The number of aromatic carboxylic acids is 8. The summed E-state index contributed by atoms with van der Waals surface area (Å²) in [5.41, 5.74) is -0.443. The molecule has 0 bridgehead atoms. The minimum atomic E-state index is -1.68. The van der Waals surface area contributed by atoms with Gasteiger partial charge < -0.3 is 108 Å². The molecule has 30 heteroatoms. The topological polar surface area (TPSA) is 376 Å². The normalized spacial score (nSPS) is 9.71. The van der Waals surface area contributed by atoms with Gasteiger partial charge in [0, 0.05) is 44.5 Å². The van der Waals surface area contributed by atoms with E-state index in [-0.39, 0.29) is 311 Å². The number of carboxylic acids is 8. The van der Waals surface area contributed by atoms with Gasteiger partial charge in [-0.3, -0.25) is 0 Å². The van der Waals surface area contributed by atoms with Gasteiger partial charge in [-0.1, -0.05) is 17.7 Å². The van der Waals surface area contributed by atoms with Crippen molar-refractivity contribution in [1.29, 1.82) is 0 Å². The summed E-state index contributed by atoms with van der Waals surface area (Å²) in [5.74, 6) is -13.6. The number of hydrogen-bond donors (Lipinski definition) is 0. The number of ether oxygens (including phenoxy) is 6. The van der Waals surface area contributed by atoms with Gasteiger partial charge in [0.05, 0.1) is 47.8 Å². The molecule has 22 nitrogen and oxygen atoms in total.